The Balaban J connectivity index is 1.29. The number of nitrogens with zero attached hydrogens (tertiary/aromatic N) is 2. The summed E-state index contributed by atoms with van der Waals surface area (Å²) in [6.07, 6.45) is 4.95. The van der Waals surface area contributed by atoms with Crippen LogP contribution in [-0.2, 0) is 4.79 Å². The molecule has 0 radical (unpaired) electrons. The number of carbonyl (C=O) groups excluding carboxylic acids is 2. The fraction of sp³-hybridized carbons (Fsp3) is 0.407. The molecule has 33 heavy (non-hydrogen) atoms. The molecule has 5 rings (SSSR count). The first-order chi connectivity index (χ1) is 16.1. The molecule has 2 saturated heterocycles. The predicted octanol–water partition coefficient (Wildman–Crippen LogP) is 3.43. The van der Waals surface area contributed by atoms with Gasteiger partial charge < -0.3 is 20.2 Å². The van der Waals surface area contributed by atoms with Gasteiger partial charge in [-0.05, 0) is 42.7 Å². The number of hydrogen-bond acceptors (Lipinski definition) is 3. The van der Waals surface area contributed by atoms with Crippen molar-refractivity contribution in [1.29, 1.82) is 0 Å². The lowest BCUT2D eigenvalue weighted by atomic mass is 9.73. The van der Waals surface area contributed by atoms with E-state index in [0.29, 0.717) is 18.2 Å². The smallest absolute Gasteiger partial charge is 0.322 e. The van der Waals surface area contributed by atoms with E-state index in [-0.39, 0.29) is 43.1 Å². The van der Waals surface area contributed by atoms with Crippen molar-refractivity contribution in [3.8, 4) is 11.8 Å². The first kappa shape index (κ1) is 21.5. The number of benzene rings is 2. The standard InChI is InChI=1S/C27H29N3O3/c31-18-24-26(21-14-12-20(13-15-21)11-10-19-6-4-5-7-19)23-16-29(17-25(32)30(23)24)27(33)28-22-8-2-1-3-9-22/h1-3,8-9,12-15,19,23-24,26,31H,4-7,16-18H2,(H,28,33)/t23-,24+,26-/m0/s1. The molecule has 0 aromatic heterocycles. The SMILES string of the molecule is O=C(Nc1ccccc1)N1CC(=O)N2[C@H](CO)[C@@H](c3ccc(C#CC4CCCC4)cc3)[C@@H]2C1. The van der Waals surface area contributed by atoms with E-state index in [1.807, 2.05) is 42.5 Å². The first-order valence-corrected chi connectivity index (χ1v) is 11.8. The Morgan fingerprint density at radius 3 is 2.48 bits per heavy atom. The Morgan fingerprint density at radius 1 is 1.06 bits per heavy atom. The molecule has 3 aliphatic rings. The number of hydrogen-bond donors (Lipinski definition) is 2. The number of aliphatic hydroxyl groups is 1. The number of anilines is 1. The number of nitrogens with one attached hydrogen (secondary N) is 1. The molecule has 2 N–H and O–H groups in total. The van der Waals surface area contributed by atoms with Crippen LogP contribution in [0.4, 0.5) is 10.5 Å². The molecule has 0 spiro atoms. The van der Waals surface area contributed by atoms with E-state index in [9.17, 15) is 14.7 Å². The summed E-state index contributed by atoms with van der Waals surface area (Å²) in [5.74, 6) is 7.07. The number of urea groups is 1. The molecule has 2 aromatic rings. The second kappa shape index (κ2) is 9.29. The van der Waals surface area contributed by atoms with Gasteiger partial charge in [0, 0.05) is 29.6 Å². The van der Waals surface area contributed by atoms with Crippen LogP contribution in [0, 0.1) is 17.8 Å². The van der Waals surface area contributed by atoms with Crippen molar-refractivity contribution < 1.29 is 14.7 Å². The highest BCUT2D eigenvalue weighted by Gasteiger charge is 2.54. The fourth-order valence-electron chi connectivity index (χ4n) is 5.42. The molecule has 170 valence electrons. The lowest BCUT2D eigenvalue weighted by molar-refractivity contribution is -0.159. The van der Waals surface area contributed by atoms with Gasteiger partial charge in [0.25, 0.3) is 0 Å². The minimum atomic E-state index is -0.280. The van der Waals surface area contributed by atoms with E-state index in [0.717, 1.165) is 11.1 Å². The number of para-hydroxylation sites is 1. The number of aliphatic hydroxyl groups excluding tert-OH is 1. The zero-order chi connectivity index (χ0) is 22.8. The highest BCUT2D eigenvalue weighted by atomic mass is 16.3. The minimum absolute atomic E-state index is 0.0110. The molecular weight excluding hydrogens is 414 g/mol. The van der Waals surface area contributed by atoms with Gasteiger partial charge in [-0.2, -0.15) is 0 Å². The third-order valence-electron chi connectivity index (χ3n) is 7.14. The number of piperazine rings is 1. The number of fused-ring (bicyclic) bond motifs is 1. The average Bonchev–Trinajstić information content (AvgIpc) is 3.34. The van der Waals surface area contributed by atoms with Crippen LogP contribution in [0.1, 0.15) is 42.7 Å². The zero-order valence-corrected chi connectivity index (χ0v) is 18.6. The Morgan fingerprint density at radius 2 is 1.79 bits per heavy atom. The highest BCUT2D eigenvalue weighted by Crippen LogP contribution is 2.43. The molecule has 3 amide bonds. The third kappa shape index (κ3) is 4.34. The maximum absolute atomic E-state index is 12.8. The molecule has 6 nitrogen and oxygen atoms in total. The molecule has 3 atom stereocenters. The molecule has 6 heteroatoms. The second-order valence-corrected chi connectivity index (χ2v) is 9.19. The van der Waals surface area contributed by atoms with Crippen LogP contribution in [-0.4, -0.2) is 58.6 Å². The van der Waals surface area contributed by atoms with E-state index in [1.165, 1.54) is 25.7 Å². The highest BCUT2D eigenvalue weighted by molar-refractivity contribution is 5.93. The van der Waals surface area contributed by atoms with Crippen molar-refractivity contribution in [1.82, 2.24) is 9.80 Å². The van der Waals surface area contributed by atoms with Gasteiger partial charge in [0.1, 0.15) is 6.54 Å². The van der Waals surface area contributed by atoms with Crippen LogP contribution in [0.5, 0.6) is 0 Å². The van der Waals surface area contributed by atoms with Gasteiger partial charge >= 0.3 is 6.03 Å². The van der Waals surface area contributed by atoms with Crippen molar-refractivity contribution in [3.63, 3.8) is 0 Å². The van der Waals surface area contributed by atoms with Gasteiger partial charge in [-0.25, -0.2) is 4.79 Å². The molecule has 2 heterocycles. The lowest BCUT2D eigenvalue weighted by Crippen LogP contribution is -2.73. The Hall–Kier alpha value is -3.30. The van der Waals surface area contributed by atoms with Crippen LogP contribution in [0.2, 0.25) is 0 Å². The van der Waals surface area contributed by atoms with Gasteiger partial charge in [-0.3, -0.25) is 4.79 Å². The maximum atomic E-state index is 12.8. The van der Waals surface area contributed by atoms with E-state index in [2.05, 4.69) is 29.3 Å². The molecule has 1 saturated carbocycles. The summed E-state index contributed by atoms with van der Waals surface area (Å²) in [5, 5.41) is 12.9. The normalized spacial score (nSPS) is 24.5. The minimum Gasteiger partial charge on any atom is -0.394 e. The van der Waals surface area contributed by atoms with Crippen molar-refractivity contribution in [3.05, 3.63) is 65.7 Å². The third-order valence-corrected chi connectivity index (χ3v) is 7.14. The number of carbonyl (C=O) groups is 2. The van der Waals surface area contributed by atoms with Crippen LogP contribution in [0.3, 0.4) is 0 Å². The van der Waals surface area contributed by atoms with Gasteiger partial charge in [-0.1, -0.05) is 55.0 Å². The molecule has 0 bridgehead atoms. The van der Waals surface area contributed by atoms with Crippen LogP contribution >= 0.6 is 0 Å². The monoisotopic (exact) mass is 443 g/mol. The number of rotatable bonds is 3. The molecule has 0 unspecified atom stereocenters. The first-order valence-electron chi connectivity index (χ1n) is 11.8. The summed E-state index contributed by atoms with van der Waals surface area (Å²) in [7, 11) is 0. The largest absolute Gasteiger partial charge is 0.394 e. The number of amides is 3. The molecule has 2 aromatic carbocycles. The fourth-order valence-corrected chi connectivity index (χ4v) is 5.42. The van der Waals surface area contributed by atoms with Crippen LogP contribution in [0.15, 0.2) is 54.6 Å². The van der Waals surface area contributed by atoms with Gasteiger partial charge in [0.2, 0.25) is 5.91 Å². The molecule has 2 aliphatic heterocycles. The second-order valence-electron chi connectivity index (χ2n) is 9.19. The van der Waals surface area contributed by atoms with E-state index >= 15 is 0 Å². The van der Waals surface area contributed by atoms with Gasteiger partial charge in [-0.15, -0.1) is 0 Å². The summed E-state index contributed by atoms with van der Waals surface area (Å²) in [4.78, 5) is 28.9. The molecule has 3 fully saturated rings. The van der Waals surface area contributed by atoms with E-state index < -0.39 is 0 Å². The lowest BCUT2D eigenvalue weighted by Gasteiger charge is -2.58. The van der Waals surface area contributed by atoms with Crippen LogP contribution < -0.4 is 5.32 Å². The Kier molecular flexibility index (Phi) is 6.06. The summed E-state index contributed by atoms with van der Waals surface area (Å²) < 4.78 is 0. The van der Waals surface area contributed by atoms with E-state index in [4.69, 9.17) is 0 Å². The van der Waals surface area contributed by atoms with E-state index in [1.54, 1.807) is 9.80 Å². The molecule has 1 aliphatic carbocycles. The van der Waals surface area contributed by atoms with Crippen molar-refractivity contribution in [2.24, 2.45) is 5.92 Å². The summed E-state index contributed by atoms with van der Waals surface area (Å²) in [6.45, 7) is 0.370. The van der Waals surface area contributed by atoms with Crippen molar-refractivity contribution in [2.75, 3.05) is 25.0 Å². The Labute approximate surface area is 194 Å². The predicted molar refractivity (Wildman–Crippen MR) is 127 cm³/mol. The maximum Gasteiger partial charge on any atom is 0.322 e. The summed E-state index contributed by atoms with van der Waals surface area (Å²) in [5.41, 5.74) is 2.76. The summed E-state index contributed by atoms with van der Waals surface area (Å²) >= 11 is 0. The van der Waals surface area contributed by atoms with Crippen molar-refractivity contribution >= 4 is 17.6 Å². The van der Waals surface area contributed by atoms with Gasteiger partial charge in [0.05, 0.1) is 18.7 Å². The van der Waals surface area contributed by atoms with Crippen LogP contribution in [0.25, 0.3) is 0 Å². The average molecular weight is 444 g/mol. The topological polar surface area (TPSA) is 72.9 Å². The Bertz CT molecular complexity index is 1070. The summed E-state index contributed by atoms with van der Waals surface area (Å²) in [6, 6.07) is 16.7. The van der Waals surface area contributed by atoms with Gasteiger partial charge in [0.15, 0.2) is 0 Å². The zero-order valence-electron chi connectivity index (χ0n) is 18.6. The van der Waals surface area contributed by atoms with Crippen molar-refractivity contribution in [2.45, 2.75) is 43.7 Å². The molecular formula is C27H29N3O3. The quantitative estimate of drug-likeness (QED) is 0.714.